The minimum absolute atomic E-state index is 0.0937. The second-order valence-electron chi connectivity index (χ2n) is 6.53. The number of nitrogens with zero attached hydrogens (tertiary/aromatic N) is 5. The van der Waals surface area contributed by atoms with Crippen LogP contribution in [0.25, 0.3) is 11.2 Å². The monoisotopic (exact) mass is 372 g/mol. The lowest BCUT2D eigenvalue weighted by Crippen LogP contribution is -2.37. The molecule has 2 N–H and O–H groups in total. The van der Waals surface area contributed by atoms with Gasteiger partial charge in [0.25, 0.3) is 0 Å². The van der Waals surface area contributed by atoms with Gasteiger partial charge in [0.15, 0.2) is 11.2 Å². The quantitative estimate of drug-likeness (QED) is 0.509. The molecular formula is C18H21ClN6O. The van der Waals surface area contributed by atoms with E-state index in [0.717, 1.165) is 24.4 Å². The summed E-state index contributed by atoms with van der Waals surface area (Å²) in [5.74, 6) is 0.268. The highest BCUT2D eigenvalue weighted by atomic mass is 35.5. The van der Waals surface area contributed by atoms with Gasteiger partial charge in [-0.15, -0.1) is 0 Å². The van der Waals surface area contributed by atoms with E-state index in [4.69, 9.17) is 11.6 Å². The van der Waals surface area contributed by atoms with Crippen molar-refractivity contribution in [3.05, 3.63) is 47.5 Å². The second-order valence-corrected chi connectivity index (χ2v) is 6.87. The molecule has 4 rings (SSSR count). The number of benzene rings is 1. The van der Waals surface area contributed by atoms with Crippen molar-refractivity contribution in [2.24, 2.45) is 0 Å². The van der Waals surface area contributed by atoms with Crippen molar-refractivity contribution in [2.75, 3.05) is 11.7 Å². The van der Waals surface area contributed by atoms with E-state index in [1.54, 1.807) is 6.33 Å². The minimum Gasteiger partial charge on any atom is -0.312 e. The summed E-state index contributed by atoms with van der Waals surface area (Å²) >= 11 is 6.10. The summed E-state index contributed by atoms with van der Waals surface area (Å²) in [4.78, 5) is 12.9. The lowest BCUT2D eigenvalue weighted by Gasteiger charge is -2.18. The Balaban J connectivity index is 1.53. The maximum Gasteiger partial charge on any atom is 0.226 e. The third-order valence-electron chi connectivity index (χ3n) is 4.81. The van der Waals surface area contributed by atoms with Crippen LogP contribution in [0.5, 0.6) is 0 Å². The van der Waals surface area contributed by atoms with E-state index in [9.17, 15) is 5.21 Å². The van der Waals surface area contributed by atoms with Gasteiger partial charge in [-0.3, -0.25) is 5.21 Å². The molecule has 0 spiro atoms. The van der Waals surface area contributed by atoms with Gasteiger partial charge in [-0.25, -0.2) is 10.4 Å². The van der Waals surface area contributed by atoms with E-state index in [0.29, 0.717) is 23.8 Å². The maximum atomic E-state index is 10.4. The Morgan fingerprint density at radius 1 is 1.19 bits per heavy atom. The number of hydrogen-bond donors (Lipinski definition) is 2. The average molecular weight is 373 g/mol. The molecule has 1 fully saturated rings. The van der Waals surface area contributed by atoms with Gasteiger partial charge in [0.2, 0.25) is 11.1 Å². The molecule has 136 valence electrons. The van der Waals surface area contributed by atoms with Gasteiger partial charge >= 0.3 is 0 Å². The largest absolute Gasteiger partial charge is 0.312 e. The van der Waals surface area contributed by atoms with Crippen LogP contribution >= 0.6 is 11.6 Å². The number of rotatable bonds is 6. The summed E-state index contributed by atoms with van der Waals surface area (Å²) in [5, 5.41) is 11.4. The molecule has 2 aromatic heterocycles. The number of hydrogen-bond acceptors (Lipinski definition) is 6. The molecule has 1 aliphatic carbocycles. The summed E-state index contributed by atoms with van der Waals surface area (Å²) in [5.41, 5.74) is 5.32. The first-order chi connectivity index (χ1) is 12.7. The first-order valence-electron chi connectivity index (χ1n) is 8.89. The molecule has 0 amide bonds. The van der Waals surface area contributed by atoms with Gasteiger partial charge in [-0.1, -0.05) is 43.2 Å². The second kappa shape index (κ2) is 7.57. The molecule has 0 radical (unpaired) electrons. The zero-order valence-corrected chi connectivity index (χ0v) is 15.1. The van der Waals surface area contributed by atoms with Crippen LogP contribution in [0.1, 0.15) is 37.3 Å². The lowest BCUT2D eigenvalue weighted by atomic mass is 10.2. The SMILES string of the molecule is ON(NCCc1ccccc1)c1nc(Cl)nc2c1ncn2C1CCCC1. The van der Waals surface area contributed by atoms with E-state index in [2.05, 4.69) is 24.9 Å². The normalized spacial score (nSPS) is 15.0. The first-order valence-corrected chi connectivity index (χ1v) is 9.26. The molecule has 0 saturated heterocycles. The van der Waals surface area contributed by atoms with Crippen LogP contribution in [-0.2, 0) is 6.42 Å². The number of imidazole rings is 1. The van der Waals surface area contributed by atoms with E-state index in [-0.39, 0.29) is 11.1 Å². The van der Waals surface area contributed by atoms with Crippen LogP contribution in [0.15, 0.2) is 36.7 Å². The molecule has 8 heteroatoms. The molecule has 26 heavy (non-hydrogen) atoms. The van der Waals surface area contributed by atoms with E-state index >= 15 is 0 Å². The third-order valence-corrected chi connectivity index (χ3v) is 4.98. The van der Waals surface area contributed by atoms with E-state index in [1.165, 1.54) is 18.4 Å². The highest BCUT2D eigenvalue weighted by Crippen LogP contribution is 2.33. The molecule has 0 unspecified atom stereocenters. The van der Waals surface area contributed by atoms with Crippen molar-refractivity contribution in [1.82, 2.24) is 24.9 Å². The summed E-state index contributed by atoms with van der Waals surface area (Å²) < 4.78 is 2.05. The Bertz CT molecular complexity index is 878. The number of hydrazine groups is 1. The Kier molecular flexibility index (Phi) is 5.01. The smallest absolute Gasteiger partial charge is 0.226 e. The molecule has 0 atom stereocenters. The van der Waals surface area contributed by atoms with E-state index in [1.807, 2.05) is 30.3 Å². The van der Waals surface area contributed by atoms with Crippen LogP contribution in [0.4, 0.5) is 5.82 Å². The Labute approximate surface area is 156 Å². The average Bonchev–Trinajstić information content (AvgIpc) is 3.31. The fourth-order valence-electron chi connectivity index (χ4n) is 3.50. The number of aromatic nitrogens is 4. The number of halogens is 1. The standard InChI is InChI=1S/C18H21ClN6O/c19-18-22-16-15(20-12-24(16)14-8-4-5-9-14)17(23-18)25(26)21-11-10-13-6-2-1-3-7-13/h1-3,6-7,12,14,21,26H,4-5,8-11H2. The zero-order valence-electron chi connectivity index (χ0n) is 14.3. The topological polar surface area (TPSA) is 79.1 Å². The van der Waals surface area contributed by atoms with Gasteiger partial charge in [0.1, 0.15) is 0 Å². The van der Waals surface area contributed by atoms with Crippen molar-refractivity contribution >= 4 is 28.6 Å². The van der Waals surface area contributed by atoms with E-state index < -0.39 is 0 Å². The Morgan fingerprint density at radius 3 is 2.73 bits per heavy atom. The highest BCUT2D eigenvalue weighted by Gasteiger charge is 2.23. The predicted octanol–water partition coefficient (Wildman–Crippen LogP) is 3.54. The summed E-state index contributed by atoms with van der Waals surface area (Å²) in [6.07, 6.45) is 7.19. The number of anilines is 1. The van der Waals surface area contributed by atoms with Gasteiger partial charge in [0.05, 0.1) is 6.33 Å². The maximum absolute atomic E-state index is 10.4. The number of fused-ring (bicyclic) bond motifs is 1. The molecule has 3 aromatic rings. The van der Waals surface area contributed by atoms with Crippen molar-refractivity contribution in [1.29, 1.82) is 0 Å². The van der Waals surface area contributed by atoms with Crippen molar-refractivity contribution in [3.63, 3.8) is 0 Å². The molecule has 1 aromatic carbocycles. The molecule has 1 aliphatic rings. The number of nitrogens with one attached hydrogen (secondary N) is 1. The summed E-state index contributed by atoms with van der Waals surface area (Å²) in [6.45, 7) is 0.549. The summed E-state index contributed by atoms with van der Waals surface area (Å²) in [7, 11) is 0. The van der Waals surface area contributed by atoms with Crippen molar-refractivity contribution in [3.8, 4) is 0 Å². The minimum atomic E-state index is 0.0937. The molecule has 0 aliphatic heterocycles. The third kappa shape index (κ3) is 3.51. The molecule has 7 nitrogen and oxygen atoms in total. The molecule has 0 bridgehead atoms. The van der Waals surface area contributed by atoms with Crippen LogP contribution in [0.2, 0.25) is 5.28 Å². The predicted molar refractivity (Wildman–Crippen MR) is 100 cm³/mol. The molecule has 2 heterocycles. The fraction of sp³-hybridized carbons (Fsp3) is 0.389. The highest BCUT2D eigenvalue weighted by molar-refractivity contribution is 6.28. The molecule has 1 saturated carbocycles. The Hall–Kier alpha value is -2.22. The van der Waals surface area contributed by atoms with Gasteiger partial charge < -0.3 is 4.57 Å². The van der Waals surface area contributed by atoms with Gasteiger partial charge in [0, 0.05) is 12.6 Å². The van der Waals surface area contributed by atoms with Crippen LogP contribution in [0, 0.1) is 0 Å². The lowest BCUT2D eigenvalue weighted by molar-refractivity contribution is 0.210. The van der Waals surface area contributed by atoms with Gasteiger partial charge in [-0.2, -0.15) is 15.1 Å². The van der Waals surface area contributed by atoms with Crippen molar-refractivity contribution < 1.29 is 5.21 Å². The van der Waals surface area contributed by atoms with Crippen LogP contribution < -0.4 is 10.6 Å². The van der Waals surface area contributed by atoms with Gasteiger partial charge in [-0.05, 0) is 36.4 Å². The van der Waals surface area contributed by atoms with Crippen LogP contribution in [-0.4, -0.2) is 31.3 Å². The molecular weight excluding hydrogens is 352 g/mol. The summed E-state index contributed by atoms with van der Waals surface area (Å²) in [6, 6.07) is 10.5. The first kappa shape index (κ1) is 17.2. The van der Waals surface area contributed by atoms with Crippen molar-refractivity contribution in [2.45, 2.75) is 38.1 Å². The fourth-order valence-corrected chi connectivity index (χ4v) is 3.66. The zero-order chi connectivity index (χ0) is 17.9. The Morgan fingerprint density at radius 2 is 1.96 bits per heavy atom. The van der Waals surface area contributed by atoms with Crippen LogP contribution in [0.3, 0.4) is 0 Å².